The van der Waals surface area contributed by atoms with Crippen molar-refractivity contribution < 1.29 is 22.7 Å². The van der Waals surface area contributed by atoms with E-state index in [4.69, 9.17) is 9.47 Å². The van der Waals surface area contributed by atoms with E-state index in [1.165, 1.54) is 25.5 Å². The monoisotopic (exact) mass is 479 g/mol. The third kappa shape index (κ3) is 6.46. The summed E-state index contributed by atoms with van der Waals surface area (Å²) in [6, 6.07) is 21.4. The molecule has 1 N–H and O–H groups in total. The Kier molecular flexibility index (Phi) is 8.42. The summed E-state index contributed by atoms with van der Waals surface area (Å²) in [5.74, 6) is 0.649. The predicted octanol–water partition coefficient (Wildman–Crippen LogP) is 3.61. The van der Waals surface area contributed by atoms with E-state index < -0.39 is 22.5 Å². The number of hydrogen-bond acceptors (Lipinski definition) is 6. The maximum atomic E-state index is 13.3. The van der Waals surface area contributed by atoms with Gasteiger partial charge in [0.15, 0.2) is 0 Å². The molecule has 0 spiro atoms. The van der Waals surface area contributed by atoms with E-state index in [1.54, 1.807) is 72.8 Å². The Balaban J connectivity index is 1.74. The second kappa shape index (κ2) is 11.7. The molecule has 0 aliphatic carbocycles. The van der Waals surface area contributed by atoms with Crippen molar-refractivity contribution in [2.24, 2.45) is 5.10 Å². The van der Waals surface area contributed by atoms with Gasteiger partial charge >= 0.3 is 0 Å². The van der Waals surface area contributed by atoms with Crippen molar-refractivity contribution in [3.05, 3.63) is 97.1 Å². The molecule has 0 fully saturated rings. The largest absolute Gasteiger partial charge is 0.497 e. The summed E-state index contributed by atoms with van der Waals surface area (Å²) in [5, 5.41) is 3.94. The maximum Gasteiger partial charge on any atom is 0.264 e. The van der Waals surface area contributed by atoms with Crippen molar-refractivity contribution in [3.8, 4) is 11.5 Å². The quantitative estimate of drug-likeness (QED) is 0.257. The molecule has 0 aromatic heterocycles. The molecule has 0 radical (unpaired) electrons. The van der Waals surface area contributed by atoms with E-state index >= 15 is 0 Å². The molecule has 0 saturated carbocycles. The highest BCUT2D eigenvalue weighted by Crippen LogP contribution is 2.25. The summed E-state index contributed by atoms with van der Waals surface area (Å²) in [6.07, 6.45) is 3.11. The van der Waals surface area contributed by atoms with Crippen molar-refractivity contribution in [2.75, 3.05) is 24.6 Å². The van der Waals surface area contributed by atoms with E-state index in [-0.39, 0.29) is 4.90 Å². The standard InChI is InChI=1S/C25H25N3O5S/c1-3-17-33-23-13-9-20(10-14-23)18-26-27-25(29)19-28(21-11-15-22(32-2)16-12-21)34(30,31)24-7-5-4-6-8-24/h3-16,18H,1,17,19H2,2H3,(H,27,29)/b26-18+. The minimum absolute atomic E-state index is 0.0703. The fourth-order valence-electron chi connectivity index (χ4n) is 2.93. The van der Waals surface area contributed by atoms with Crippen molar-refractivity contribution in [1.82, 2.24) is 5.43 Å². The van der Waals surface area contributed by atoms with Gasteiger partial charge in [0.1, 0.15) is 24.7 Å². The lowest BCUT2D eigenvalue weighted by Gasteiger charge is -2.23. The predicted molar refractivity (Wildman–Crippen MR) is 132 cm³/mol. The van der Waals surface area contributed by atoms with Crippen LogP contribution in [0.25, 0.3) is 0 Å². The number of anilines is 1. The maximum absolute atomic E-state index is 13.3. The molecule has 0 unspecified atom stereocenters. The van der Waals surface area contributed by atoms with Crippen molar-refractivity contribution in [3.63, 3.8) is 0 Å². The zero-order valence-corrected chi connectivity index (χ0v) is 19.4. The van der Waals surface area contributed by atoms with Crippen LogP contribution in [0, 0.1) is 0 Å². The molecule has 3 aromatic carbocycles. The molecule has 0 bridgehead atoms. The molecule has 176 valence electrons. The summed E-state index contributed by atoms with van der Waals surface area (Å²) in [4.78, 5) is 12.7. The van der Waals surface area contributed by atoms with Crippen LogP contribution in [0.4, 0.5) is 5.69 Å². The van der Waals surface area contributed by atoms with E-state index in [9.17, 15) is 13.2 Å². The lowest BCUT2D eigenvalue weighted by molar-refractivity contribution is -0.119. The topological polar surface area (TPSA) is 97.3 Å². The van der Waals surface area contributed by atoms with Crippen LogP contribution < -0.4 is 19.2 Å². The van der Waals surface area contributed by atoms with Crippen LogP contribution in [0.2, 0.25) is 0 Å². The molecule has 0 aliphatic rings. The SMILES string of the molecule is C=CCOc1ccc(/C=N/NC(=O)CN(c2ccc(OC)cc2)S(=O)(=O)c2ccccc2)cc1. The summed E-state index contributed by atoms with van der Waals surface area (Å²) >= 11 is 0. The molecule has 34 heavy (non-hydrogen) atoms. The van der Waals surface area contributed by atoms with E-state index in [2.05, 4.69) is 17.1 Å². The highest BCUT2D eigenvalue weighted by molar-refractivity contribution is 7.92. The number of methoxy groups -OCH3 is 1. The highest BCUT2D eigenvalue weighted by Gasteiger charge is 2.27. The summed E-state index contributed by atoms with van der Waals surface area (Å²) in [7, 11) is -2.48. The molecular weight excluding hydrogens is 454 g/mol. The Labute approximate surface area is 199 Å². The van der Waals surface area contributed by atoms with Gasteiger partial charge in [-0.15, -0.1) is 0 Å². The van der Waals surface area contributed by atoms with Gasteiger partial charge in [-0.2, -0.15) is 5.10 Å². The number of rotatable bonds is 11. The highest BCUT2D eigenvalue weighted by atomic mass is 32.2. The number of carbonyl (C=O) groups excluding carboxylic acids is 1. The number of nitrogens with one attached hydrogen (secondary N) is 1. The van der Waals surface area contributed by atoms with Crippen LogP contribution in [0.5, 0.6) is 11.5 Å². The first-order valence-electron chi connectivity index (χ1n) is 10.3. The first kappa shape index (κ1) is 24.5. The number of ether oxygens (including phenoxy) is 2. The van der Waals surface area contributed by atoms with Crippen molar-refractivity contribution >= 4 is 27.8 Å². The number of amides is 1. The minimum atomic E-state index is -4.00. The van der Waals surface area contributed by atoms with Gasteiger partial charge in [0, 0.05) is 0 Å². The smallest absolute Gasteiger partial charge is 0.264 e. The van der Waals surface area contributed by atoms with E-state index in [0.29, 0.717) is 23.8 Å². The van der Waals surface area contributed by atoms with Gasteiger partial charge in [-0.05, 0) is 66.2 Å². The number of nitrogens with zero attached hydrogens (tertiary/aromatic N) is 2. The molecule has 0 atom stereocenters. The summed E-state index contributed by atoms with van der Waals surface area (Å²) < 4.78 is 38.2. The number of hydrazone groups is 1. The lowest BCUT2D eigenvalue weighted by Crippen LogP contribution is -2.39. The lowest BCUT2D eigenvalue weighted by atomic mass is 10.2. The Morgan fingerprint density at radius 2 is 1.65 bits per heavy atom. The van der Waals surface area contributed by atoms with Crippen LogP contribution in [0.1, 0.15) is 5.56 Å². The average Bonchev–Trinajstić information content (AvgIpc) is 2.87. The molecule has 0 saturated heterocycles. The Hall–Kier alpha value is -4.11. The number of hydrogen-bond donors (Lipinski definition) is 1. The fourth-order valence-corrected chi connectivity index (χ4v) is 4.38. The molecule has 3 aromatic rings. The Morgan fingerprint density at radius 3 is 2.26 bits per heavy atom. The molecular formula is C25H25N3O5S. The van der Waals surface area contributed by atoms with E-state index in [0.717, 1.165) is 9.87 Å². The second-order valence-corrected chi connectivity index (χ2v) is 8.85. The van der Waals surface area contributed by atoms with E-state index in [1.807, 2.05) is 0 Å². The van der Waals surface area contributed by atoms with Gasteiger partial charge in [0.2, 0.25) is 0 Å². The molecule has 0 heterocycles. The van der Waals surface area contributed by atoms with Crippen molar-refractivity contribution in [1.29, 1.82) is 0 Å². The normalized spacial score (nSPS) is 11.1. The van der Waals surface area contributed by atoms with Crippen LogP contribution in [0.3, 0.4) is 0 Å². The molecule has 8 nitrogen and oxygen atoms in total. The first-order chi connectivity index (χ1) is 16.4. The van der Waals surface area contributed by atoms with Crippen molar-refractivity contribution in [2.45, 2.75) is 4.90 Å². The summed E-state index contributed by atoms with van der Waals surface area (Å²) in [5.41, 5.74) is 3.43. The van der Waals surface area contributed by atoms with Gasteiger partial charge in [0.25, 0.3) is 15.9 Å². The third-order valence-corrected chi connectivity index (χ3v) is 6.42. The fraction of sp³-hybridized carbons (Fsp3) is 0.120. The zero-order valence-electron chi connectivity index (χ0n) is 18.6. The van der Waals surface area contributed by atoms with Gasteiger partial charge < -0.3 is 9.47 Å². The van der Waals surface area contributed by atoms with Gasteiger partial charge in [0.05, 0.1) is 23.9 Å². The van der Waals surface area contributed by atoms with Crippen LogP contribution in [-0.4, -0.2) is 40.8 Å². The molecule has 3 rings (SSSR count). The Bertz CT molecular complexity index is 1230. The van der Waals surface area contributed by atoms with Gasteiger partial charge in [-0.1, -0.05) is 30.9 Å². The van der Waals surface area contributed by atoms with Crippen LogP contribution >= 0.6 is 0 Å². The van der Waals surface area contributed by atoms with Gasteiger partial charge in [-0.3, -0.25) is 9.10 Å². The minimum Gasteiger partial charge on any atom is -0.497 e. The number of sulfonamides is 1. The second-order valence-electron chi connectivity index (χ2n) is 6.98. The third-order valence-electron chi connectivity index (χ3n) is 4.63. The van der Waals surface area contributed by atoms with Crippen LogP contribution in [0.15, 0.2) is 102 Å². The number of benzene rings is 3. The summed E-state index contributed by atoms with van der Waals surface area (Å²) in [6.45, 7) is 3.54. The molecule has 1 amide bonds. The molecule has 9 heteroatoms. The zero-order chi connectivity index (χ0) is 24.4. The van der Waals surface area contributed by atoms with Crippen LogP contribution in [-0.2, 0) is 14.8 Å². The average molecular weight is 480 g/mol. The molecule has 0 aliphatic heterocycles. The number of carbonyl (C=O) groups is 1. The Morgan fingerprint density at radius 1 is 1.00 bits per heavy atom. The van der Waals surface area contributed by atoms with Gasteiger partial charge in [-0.25, -0.2) is 13.8 Å². The first-order valence-corrected chi connectivity index (χ1v) is 11.8.